The lowest BCUT2D eigenvalue weighted by atomic mass is 10.3. The second-order valence-electron chi connectivity index (χ2n) is 3.92. The van der Waals surface area contributed by atoms with E-state index in [9.17, 15) is 4.79 Å². The molecule has 0 saturated carbocycles. The summed E-state index contributed by atoms with van der Waals surface area (Å²) in [6.45, 7) is 2.11. The molecular formula is C12H15N5OS. The summed E-state index contributed by atoms with van der Waals surface area (Å²) in [7, 11) is 0. The summed E-state index contributed by atoms with van der Waals surface area (Å²) >= 11 is 1.31. The number of aromatic nitrogens is 4. The molecule has 0 aliphatic carbocycles. The Morgan fingerprint density at radius 1 is 1.37 bits per heavy atom. The van der Waals surface area contributed by atoms with Crippen LogP contribution in [0, 0.1) is 0 Å². The summed E-state index contributed by atoms with van der Waals surface area (Å²) in [5.74, 6) is 0.852. The van der Waals surface area contributed by atoms with E-state index in [0.29, 0.717) is 0 Å². The molecule has 19 heavy (non-hydrogen) atoms. The van der Waals surface area contributed by atoms with Crippen molar-refractivity contribution in [1.82, 2.24) is 20.2 Å². The fourth-order valence-corrected chi connectivity index (χ4v) is 2.25. The van der Waals surface area contributed by atoms with Crippen LogP contribution in [0.25, 0.3) is 5.69 Å². The van der Waals surface area contributed by atoms with E-state index >= 15 is 0 Å². The Kier molecular flexibility index (Phi) is 4.91. The molecule has 0 aliphatic heterocycles. The summed E-state index contributed by atoms with van der Waals surface area (Å²) in [6.07, 6.45) is 3.67. The van der Waals surface area contributed by atoms with E-state index in [1.165, 1.54) is 18.1 Å². The SMILES string of the molecule is CCCCSC(=O)Nc1ccc(-n2cnnn2)cc1. The Balaban J connectivity index is 1.90. The molecular weight excluding hydrogens is 262 g/mol. The first-order chi connectivity index (χ1) is 9.29. The van der Waals surface area contributed by atoms with Crippen LogP contribution in [0.4, 0.5) is 10.5 Å². The molecule has 0 atom stereocenters. The molecule has 1 aromatic carbocycles. The molecule has 0 radical (unpaired) electrons. The van der Waals surface area contributed by atoms with Crippen molar-refractivity contribution in [3.05, 3.63) is 30.6 Å². The Morgan fingerprint density at radius 3 is 2.79 bits per heavy atom. The second kappa shape index (κ2) is 6.89. The third-order valence-electron chi connectivity index (χ3n) is 2.46. The summed E-state index contributed by atoms with van der Waals surface area (Å²) in [5, 5.41) is 13.7. The normalized spacial score (nSPS) is 10.4. The van der Waals surface area contributed by atoms with Gasteiger partial charge in [-0.3, -0.25) is 4.79 Å². The minimum absolute atomic E-state index is 0.0244. The van der Waals surface area contributed by atoms with E-state index in [4.69, 9.17) is 0 Å². The van der Waals surface area contributed by atoms with Gasteiger partial charge in [-0.25, -0.2) is 4.68 Å². The molecule has 0 bridgehead atoms. The van der Waals surface area contributed by atoms with Gasteiger partial charge in [-0.05, 0) is 41.1 Å². The van der Waals surface area contributed by atoms with Crippen molar-refractivity contribution in [3.8, 4) is 5.69 Å². The number of tetrazole rings is 1. The number of benzene rings is 1. The summed E-state index contributed by atoms with van der Waals surface area (Å²) in [4.78, 5) is 11.6. The number of anilines is 1. The smallest absolute Gasteiger partial charge is 0.283 e. The van der Waals surface area contributed by atoms with Crippen molar-refractivity contribution < 1.29 is 4.79 Å². The third-order valence-corrected chi connectivity index (χ3v) is 3.32. The maximum atomic E-state index is 11.6. The Hall–Kier alpha value is -1.89. The van der Waals surface area contributed by atoms with E-state index in [0.717, 1.165) is 30.0 Å². The highest BCUT2D eigenvalue weighted by atomic mass is 32.2. The van der Waals surface area contributed by atoms with Crippen molar-refractivity contribution in [2.45, 2.75) is 19.8 Å². The average molecular weight is 277 g/mol. The predicted molar refractivity (Wildman–Crippen MR) is 75.5 cm³/mol. The van der Waals surface area contributed by atoms with Gasteiger partial charge in [-0.15, -0.1) is 5.10 Å². The van der Waals surface area contributed by atoms with Crippen molar-refractivity contribution in [2.75, 3.05) is 11.1 Å². The van der Waals surface area contributed by atoms with Crippen molar-refractivity contribution in [2.24, 2.45) is 0 Å². The molecule has 1 N–H and O–H groups in total. The quantitative estimate of drug-likeness (QED) is 0.851. The zero-order valence-electron chi connectivity index (χ0n) is 10.6. The van der Waals surface area contributed by atoms with E-state index in [1.54, 1.807) is 4.68 Å². The maximum absolute atomic E-state index is 11.6. The predicted octanol–water partition coefficient (Wildman–Crippen LogP) is 2.73. The van der Waals surface area contributed by atoms with Gasteiger partial charge in [-0.2, -0.15) is 0 Å². The number of carbonyl (C=O) groups excluding carboxylic acids is 1. The van der Waals surface area contributed by atoms with Crippen LogP contribution in [0.3, 0.4) is 0 Å². The lowest BCUT2D eigenvalue weighted by Crippen LogP contribution is -2.05. The molecule has 1 amide bonds. The number of amides is 1. The molecule has 0 aliphatic rings. The van der Waals surface area contributed by atoms with E-state index in [1.807, 2.05) is 24.3 Å². The van der Waals surface area contributed by atoms with Crippen molar-refractivity contribution in [1.29, 1.82) is 0 Å². The first kappa shape index (κ1) is 13.5. The highest BCUT2D eigenvalue weighted by molar-refractivity contribution is 8.13. The number of hydrogen-bond acceptors (Lipinski definition) is 5. The highest BCUT2D eigenvalue weighted by Crippen LogP contribution is 2.15. The summed E-state index contributed by atoms with van der Waals surface area (Å²) < 4.78 is 1.56. The minimum atomic E-state index is -0.0244. The maximum Gasteiger partial charge on any atom is 0.283 e. The van der Waals surface area contributed by atoms with Gasteiger partial charge >= 0.3 is 0 Å². The van der Waals surface area contributed by atoms with Crippen LogP contribution in [0.2, 0.25) is 0 Å². The standard InChI is InChI=1S/C12H15N5OS/c1-2-3-8-19-12(18)14-10-4-6-11(7-5-10)17-9-13-15-16-17/h4-7,9H,2-3,8H2,1H3,(H,14,18). The van der Waals surface area contributed by atoms with Crippen molar-refractivity contribution in [3.63, 3.8) is 0 Å². The molecule has 6 nitrogen and oxygen atoms in total. The topological polar surface area (TPSA) is 72.7 Å². The van der Waals surface area contributed by atoms with Gasteiger partial charge < -0.3 is 5.32 Å². The van der Waals surface area contributed by atoms with Crippen LogP contribution in [0.5, 0.6) is 0 Å². The Morgan fingerprint density at radius 2 is 2.16 bits per heavy atom. The van der Waals surface area contributed by atoms with Crippen molar-refractivity contribution >= 4 is 22.7 Å². The minimum Gasteiger partial charge on any atom is -0.317 e. The van der Waals surface area contributed by atoms with Gasteiger partial charge in [0.15, 0.2) is 0 Å². The zero-order chi connectivity index (χ0) is 13.5. The van der Waals surface area contributed by atoms with Crippen LogP contribution in [0.15, 0.2) is 30.6 Å². The van der Waals surface area contributed by atoms with E-state index in [-0.39, 0.29) is 5.24 Å². The highest BCUT2D eigenvalue weighted by Gasteiger charge is 2.03. The van der Waals surface area contributed by atoms with Crippen LogP contribution >= 0.6 is 11.8 Å². The monoisotopic (exact) mass is 277 g/mol. The Bertz CT molecular complexity index is 511. The molecule has 100 valence electrons. The second-order valence-corrected chi connectivity index (χ2v) is 4.98. The van der Waals surface area contributed by atoms with Gasteiger partial charge in [0.2, 0.25) is 0 Å². The molecule has 2 aromatic rings. The number of thioether (sulfide) groups is 1. The lowest BCUT2D eigenvalue weighted by Gasteiger charge is -2.05. The summed E-state index contributed by atoms with van der Waals surface area (Å²) in [5.41, 5.74) is 1.62. The van der Waals surface area contributed by atoms with Gasteiger partial charge in [0, 0.05) is 11.4 Å². The van der Waals surface area contributed by atoms with Crippen LogP contribution in [-0.4, -0.2) is 31.2 Å². The van der Waals surface area contributed by atoms with Crippen LogP contribution in [-0.2, 0) is 0 Å². The first-order valence-corrected chi connectivity index (χ1v) is 7.05. The molecule has 1 aromatic heterocycles. The fraction of sp³-hybridized carbons (Fsp3) is 0.333. The third kappa shape index (κ3) is 4.06. The number of nitrogens with zero attached hydrogens (tertiary/aromatic N) is 4. The molecule has 1 heterocycles. The van der Waals surface area contributed by atoms with Gasteiger partial charge in [0.05, 0.1) is 5.69 Å². The molecule has 7 heteroatoms. The number of hydrogen-bond donors (Lipinski definition) is 1. The van der Waals surface area contributed by atoms with Crippen LogP contribution in [0.1, 0.15) is 19.8 Å². The number of carbonyl (C=O) groups is 1. The van der Waals surface area contributed by atoms with Gasteiger partial charge in [-0.1, -0.05) is 25.1 Å². The fourth-order valence-electron chi connectivity index (χ4n) is 1.44. The zero-order valence-corrected chi connectivity index (χ0v) is 11.4. The molecule has 0 saturated heterocycles. The van der Waals surface area contributed by atoms with Crippen LogP contribution < -0.4 is 5.32 Å². The first-order valence-electron chi connectivity index (χ1n) is 6.07. The Labute approximate surface area is 115 Å². The molecule has 0 fully saturated rings. The number of nitrogens with one attached hydrogen (secondary N) is 1. The van der Waals surface area contributed by atoms with E-state index < -0.39 is 0 Å². The molecule has 0 spiro atoms. The number of rotatable bonds is 5. The largest absolute Gasteiger partial charge is 0.317 e. The summed E-state index contributed by atoms with van der Waals surface area (Å²) in [6, 6.07) is 7.36. The van der Waals surface area contributed by atoms with Gasteiger partial charge in [0.1, 0.15) is 6.33 Å². The molecule has 0 unspecified atom stereocenters. The molecule has 2 rings (SSSR count). The lowest BCUT2D eigenvalue weighted by molar-refractivity contribution is 0.270. The van der Waals surface area contributed by atoms with Gasteiger partial charge in [0.25, 0.3) is 5.24 Å². The average Bonchev–Trinajstić information content (AvgIpc) is 2.94. The van der Waals surface area contributed by atoms with E-state index in [2.05, 4.69) is 27.8 Å². The number of unbranched alkanes of at least 4 members (excludes halogenated alkanes) is 1.